The van der Waals surface area contributed by atoms with Gasteiger partial charge in [0.2, 0.25) is 0 Å². The average molecular weight is 403 g/mol. The molecule has 1 nitrogen and oxygen atoms in total. The molecule has 0 spiro atoms. The Balaban J connectivity index is 1.46. The third kappa shape index (κ3) is 3.17. The second-order valence-corrected chi connectivity index (χ2v) is 9.84. The highest BCUT2D eigenvalue weighted by Crippen LogP contribution is 2.54. The van der Waals surface area contributed by atoms with E-state index in [1.807, 2.05) is 0 Å². The van der Waals surface area contributed by atoms with Crippen molar-refractivity contribution >= 4 is 28.9 Å². The summed E-state index contributed by atoms with van der Waals surface area (Å²) in [6.07, 6.45) is 5.73. The number of rotatable bonds is 5. The van der Waals surface area contributed by atoms with Gasteiger partial charge in [0.25, 0.3) is 0 Å². The molecule has 1 saturated carbocycles. The summed E-state index contributed by atoms with van der Waals surface area (Å²) in [5.74, 6) is 1.57. The van der Waals surface area contributed by atoms with Crippen LogP contribution in [0.15, 0.2) is 88.0 Å². The Morgan fingerprint density at radius 2 is 1.71 bits per heavy atom. The molecular formula is C25H22OS2. The van der Waals surface area contributed by atoms with Gasteiger partial charge in [-0.25, -0.2) is 0 Å². The summed E-state index contributed by atoms with van der Waals surface area (Å²) in [5.41, 5.74) is 2.56. The molecule has 2 bridgehead atoms. The van der Waals surface area contributed by atoms with Gasteiger partial charge < -0.3 is 0 Å². The van der Waals surface area contributed by atoms with Crippen LogP contribution in [0.5, 0.6) is 0 Å². The van der Waals surface area contributed by atoms with Gasteiger partial charge in [-0.05, 0) is 54.3 Å². The van der Waals surface area contributed by atoms with Crippen LogP contribution in [0.25, 0.3) is 0 Å². The minimum Gasteiger partial charge on any atom is -0.293 e. The standard InChI is InChI=1S/C25H22OS2/c1-16-7-11-20(12-8-16)28-21-13-14-27-25(21)24(26)23-19-10-9-18(15-19)22(23)17-5-3-2-4-6-17/h2-14,18-19,22-23H,15H2,1H3/t18-,19+,22+,23+/m0/s1. The third-order valence-corrected chi connectivity index (χ3v) is 8.17. The molecule has 1 fully saturated rings. The first-order chi connectivity index (χ1) is 13.7. The molecule has 0 N–H and O–H groups in total. The van der Waals surface area contributed by atoms with Gasteiger partial charge in [0.1, 0.15) is 0 Å². The molecule has 3 heteroatoms. The van der Waals surface area contributed by atoms with Gasteiger partial charge in [-0.15, -0.1) is 11.3 Å². The molecule has 1 heterocycles. The Morgan fingerprint density at radius 3 is 2.50 bits per heavy atom. The average Bonchev–Trinajstić information content (AvgIpc) is 3.46. The number of aryl methyl sites for hydroxylation is 1. The zero-order valence-electron chi connectivity index (χ0n) is 15.7. The van der Waals surface area contributed by atoms with Crippen molar-refractivity contribution in [3.8, 4) is 0 Å². The zero-order valence-corrected chi connectivity index (χ0v) is 17.4. The van der Waals surface area contributed by atoms with Gasteiger partial charge in [-0.3, -0.25) is 4.79 Å². The Kier molecular flexibility index (Phi) is 4.73. The van der Waals surface area contributed by atoms with E-state index in [1.54, 1.807) is 23.1 Å². The van der Waals surface area contributed by atoms with Crippen molar-refractivity contribution in [2.75, 3.05) is 0 Å². The Morgan fingerprint density at radius 1 is 0.964 bits per heavy atom. The highest BCUT2D eigenvalue weighted by molar-refractivity contribution is 7.99. The minimum atomic E-state index is 0.0633. The van der Waals surface area contributed by atoms with E-state index in [4.69, 9.17) is 0 Å². The highest BCUT2D eigenvalue weighted by Gasteiger charge is 2.49. The molecule has 28 heavy (non-hydrogen) atoms. The Bertz CT molecular complexity index is 1020. The molecule has 140 valence electrons. The minimum absolute atomic E-state index is 0.0633. The summed E-state index contributed by atoms with van der Waals surface area (Å²) in [6.45, 7) is 2.10. The number of ketones is 1. The lowest BCUT2D eigenvalue weighted by atomic mass is 9.76. The maximum atomic E-state index is 13.7. The predicted molar refractivity (Wildman–Crippen MR) is 117 cm³/mol. The summed E-state index contributed by atoms with van der Waals surface area (Å²) in [7, 11) is 0. The number of thiophene rings is 1. The van der Waals surface area contributed by atoms with Crippen molar-refractivity contribution < 1.29 is 4.79 Å². The second-order valence-electron chi connectivity index (χ2n) is 7.80. The van der Waals surface area contributed by atoms with Crippen LogP contribution in [0, 0.1) is 24.7 Å². The molecule has 5 rings (SSSR count). The van der Waals surface area contributed by atoms with Gasteiger partial charge >= 0.3 is 0 Å². The molecule has 0 radical (unpaired) electrons. The number of hydrogen-bond acceptors (Lipinski definition) is 3. The van der Waals surface area contributed by atoms with E-state index in [0.29, 0.717) is 23.5 Å². The van der Waals surface area contributed by atoms with Crippen LogP contribution in [0.2, 0.25) is 0 Å². The maximum absolute atomic E-state index is 13.7. The van der Waals surface area contributed by atoms with Crippen LogP contribution in [0.4, 0.5) is 0 Å². The van der Waals surface area contributed by atoms with Gasteiger partial charge in [0, 0.05) is 21.6 Å². The lowest BCUT2D eigenvalue weighted by Gasteiger charge is -2.27. The summed E-state index contributed by atoms with van der Waals surface area (Å²) in [4.78, 5) is 16.9. The largest absolute Gasteiger partial charge is 0.293 e. The maximum Gasteiger partial charge on any atom is 0.178 e. The van der Waals surface area contributed by atoms with Crippen molar-refractivity contribution in [1.82, 2.24) is 0 Å². The van der Waals surface area contributed by atoms with Crippen LogP contribution in [-0.4, -0.2) is 5.78 Å². The van der Waals surface area contributed by atoms with Gasteiger partial charge in [-0.1, -0.05) is 71.9 Å². The fraction of sp³-hybridized carbons (Fsp3) is 0.240. The van der Waals surface area contributed by atoms with Crippen LogP contribution in [0.3, 0.4) is 0 Å². The smallest absolute Gasteiger partial charge is 0.178 e. The van der Waals surface area contributed by atoms with Crippen molar-refractivity contribution in [1.29, 1.82) is 0 Å². The molecule has 0 unspecified atom stereocenters. The molecule has 4 atom stereocenters. The van der Waals surface area contributed by atoms with E-state index in [9.17, 15) is 4.79 Å². The van der Waals surface area contributed by atoms with Crippen molar-refractivity contribution in [3.05, 3.63) is 94.2 Å². The molecule has 3 aromatic rings. The van der Waals surface area contributed by atoms with E-state index in [0.717, 1.165) is 16.2 Å². The van der Waals surface area contributed by atoms with Crippen molar-refractivity contribution in [2.24, 2.45) is 17.8 Å². The fourth-order valence-corrected chi connectivity index (χ4v) is 6.74. The lowest BCUT2D eigenvalue weighted by molar-refractivity contribution is 0.0888. The first-order valence-corrected chi connectivity index (χ1v) is 11.5. The van der Waals surface area contributed by atoms with Gasteiger partial charge in [-0.2, -0.15) is 0 Å². The molecule has 0 saturated heterocycles. The van der Waals surface area contributed by atoms with Crippen LogP contribution in [-0.2, 0) is 0 Å². The first-order valence-electron chi connectivity index (χ1n) is 9.80. The number of carbonyl (C=O) groups excluding carboxylic acids is 1. The molecule has 1 aromatic heterocycles. The zero-order chi connectivity index (χ0) is 19.1. The topological polar surface area (TPSA) is 17.1 Å². The lowest BCUT2D eigenvalue weighted by Crippen LogP contribution is -2.26. The molecular weight excluding hydrogens is 380 g/mol. The number of Topliss-reactive ketones (excluding diaryl/α,β-unsaturated/α-hetero) is 1. The highest BCUT2D eigenvalue weighted by atomic mass is 32.2. The summed E-state index contributed by atoms with van der Waals surface area (Å²) in [5, 5.41) is 2.06. The van der Waals surface area contributed by atoms with Crippen LogP contribution < -0.4 is 0 Å². The van der Waals surface area contributed by atoms with Gasteiger partial charge in [0.05, 0.1) is 4.88 Å². The molecule has 0 amide bonds. The molecule has 0 aliphatic heterocycles. The summed E-state index contributed by atoms with van der Waals surface area (Å²) < 4.78 is 0. The van der Waals surface area contributed by atoms with E-state index in [-0.39, 0.29) is 5.92 Å². The van der Waals surface area contributed by atoms with E-state index in [1.165, 1.54) is 16.0 Å². The molecule has 2 aromatic carbocycles. The van der Waals surface area contributed by atoms with Crippen molar-refractivity contribution in [3.63, 3.8) is 0 Å². The Labute approximate surface area is 174 Å². The quantitative estimate of drug-likeness (QED) is 0.338. The first kappa shape index (κ1) is 18.0. The number of carbonyl (C=O) groups is 1. The van der Waals surface area contributed by atoms with Crippen LogP contribution >= 0.6 is 23.1 Å². The fourth-order valence-electron chi connectivity index (χ4n) is 4.75. The molecule has 2 aliphatic rings. The van der Waals surface area contributed by atoms with Gasteiger partial charge in [0.15, 0.2) is 5.78 Å². The summed E-state index contributed by atoms with van der Waals surface area (Å²) >= 11 is 3.30. The number of allylic oxidation sites excluding steroid dienone is 2. The second kappa shape index (κ2) is 7.38. The van der Waals surface area contributed by atoms with E-state index in [2.05, 4.69) is 85.1 Å². The van der Waals surface area contributed by atoms with E-state index < -0.39 is 0 Å². The predicted octanol–water partition coefficient (Wildman–Crippen LogP) is 7.00. The SMILES string of the molecule is Cc1ccc(Sc2ccsc2C(=O)[C@H]2[C@H](c3ccccc3)[C@H]3C=C[C@@H]2C3)cc1. The van der Waals surface area contributed by atoms with Crippen LogP contribution in [0.1, 0.15) is 33.1 Å². The Hall–Kier alpha value is -2.10. The number of hydrogen-bond donors (Lipinski definition) is 0. The number of fused-ring (bicyclic) bond motifs is 2. The third-order valence-electron chi connectivity index (χ3n) is 6.05. The summed E-state index contributed by atoms with van der Waals surface area (Å²) in [6, 6.07) is 21.3. The molecule has 2 aliphatic carbocycles. The number of benzene rings is 2. The normalized spacial score (nSPS) is 25.3. The monoisotopic (exact) mass is 402 g/mol. The van der Waals surface area contributed by atoms with E-state index >= 15 is 0 Å². The van der Waals surface area contributed by atoms with Crippen molar-refractivity contribution in [2.45, 2.75) is 29.1 Å².